The second-order valence-electron chi connectivity index (χ2n) is 7.66. The fourth-order valence-corrected chi connectivity index (χ4v) is 6.48. The van der Waals surface area contributed by atoms with Gasteiger partial charge in [0.15, 0.2) is 5.78 Å². The summed E-state index contributed by atoms with van der Waals surface area (Å²) in [5.41, 5.74) is 2.83. The van der Waals surface area contributed by atoms with Crippen molar-refractivity contribution in [1.29, 1.82) is 0 Å². The molecule has 0 atom stereocenters. The van der Waals surface area contributed by atoms with E-state index in [1.807, 2.05) is 32.0 Å². The first-order chi connectivity index (χ1) is 14.1. The van der Waals surface area contributed by atoms with Crippen molar-refractivity contribution in [3.8, 4) is 0 Å². The SMILES string of the molecule is Cc1ccc(C(=O)C2CCN(C(=O)CN(C)S(=O)(=O)c3ccc(Cl)s3)CC2)c(C)c1. The molecule has 0 aliphatic carbocycles. The van der Waals surface area contributed by atoms with E-state index in [2.05, 4.69) is 0 Å². The van der Waals surface area contributed by atoms with Gasteiger partial charge in [0.05, 0.1) is 10.9 Å². The van der Waals surface area contributed by atoms with Gasteiger partial charge >= 0.3 is 0 Å². The lowest BCUT2D eigenvalue weighted by molar-refractivity contribution is -0.132. The molecule has 0 spiro atoms. The summed E-state index contributed by atoms with van der Waals surface area (Å²) >= 11 is 6.79. The third-order valence-corrected chi connectivity index (χ3v) is 8.94. The van der Waals surface area contributed by atoms with Crippen LogP contribution in [0.25, 0.3) is 0 Å². The number of piperidine rings is 1. The molecule has 9 heteroatoms. The smallest absolute Gasteiger partial charge is 0.252 e. The van der Waals surface area contributed by atoms with Gasteiger partial charge in [-0.2, -0.15) is 4.31 Å². The number of likely N-dealkylation sites (tertiary alicyclic amines) is 1. The Labute approximate surface area is 186 Å². The first-order valence-electron chi connectivity index (χ1n) is 9.70. The van der Waals surface area contributed by atoms with Gasteiger partial charge in [-0.3, -0.25) is 9.59 Å². The van der Waals surface area contributed by atoms with Crippen LogP contribution in [0, 0.1) is 19.8 Å². The molecule has 162 valence electrons. The Morgan fingerprint density at radius 3 is 2.40 bits per heavy atom. The molecule has 1 fully saturated rings. The van der Waals surface area contributed by atoms with E-state index >= 15 is 0 Å². The van der Waals surface area contributed by atoms with Gasteiger partial charge in [0.1, 0.15) is 4.21 Å². The molecule has 0 bridgehead atoms. The van der Waals surface area contributed by atoms with E-state index < -0.39 is 10.0 Å². The van der Waals surface area contributed by atoms with Crippen LogP contribution in [0.1, 0.15) is 34.3 Å². The molecular weight excluding hydrogens is 444 g/mol. The summed E-state index contributed by atoms with van der Waals surface area (Å²) in [6.07, 6.45) is 1.16. The number of sulfonamides is 1. The Morgan fingerprint density at radius 2 is 1.83 bits per heavy atom. The molecule has 0 unspecified atom stereocenters. The molecule has 2 heterocycles. The zero-order valence-corrected chi connectivity index (χ0v) is 19.6. The maximum absolute atomic E-state index is 12.9. The molecule has 6 nitrogen and oxygen atoms in total. The Bertz CT molecular complexity index is 1060. The molecule has 0 saturated carbocycles. The summed E-state index contributed by atoms with van der Waals surface area (Å²) in [4.78, 5) is 27.2. The number of likely N-dealkylation sites (N-methyl/N-ethyl adjacent to an activating group) is 1. The van der Waals surface area contributed by atoms with Gasteiger partial charge in [-0.05, 0) is 44.4 Å². The van der Waals surface area contributed by atoms with Crippen molar-refractivity contribution in [2.24, 2.45) is 5.92 Å². The Kier molecular flexibility index (Phi) is 7.02. The zero-order valence-electron chi connectivity index (χ0n) is 17.2. The van der Waals surface area contributed by atoms with Crippen LogP contribution in [-0.2, 0) is 14.8 Å². The molecule has 1 aromatic carbocycles. The lowest BCUT2D eigenvalue weighted by atomic mass is 9.87. The number of thiophene rings is 1. The minimum Gasteiger partial charge on any atom is -0.342 e. The average molecular weight is 469 g/mol. The van der Waals surface area contributed by atoms with Gasteiger partial charge in [0, 0.05) is 31.6 Å². The summed E-state index contributed by atoms with van der Waals surface area (Å²) < 4.78 is 26.7. The predicted octanol–water partition coefficient (Wildman–Crippen LogP) is 3.76. The zero-order chi connectivity index (χ0) is 22.1. The third-order valence-electron chi connectivity index (χ3n) is 5.44. The number of aryl methyl sites for hydroxylation is 2. The summed E-state index contributed by atoms with van der Waals surface area (Å²) in [6.45, 7) is 4.58. The highest BCUT2D eigenvalue weighted by Gasteiger charge is 2.31. The number of benzene rings is 1. The fourth-order valence-electron chi connectivity index (χ4n) is 3.67. The Hall–Kier alpha value is -1.74. The number of hydrogen-bond acceptors (Lipinski definition) is 5. The number of amides is 1. The number of Topliss-reactive ketones (excluding diaryl/α,β-unsaturated/α-hetero) is 1. The van der Waals surface area contributed by atoms with Crippen molar-refractivity contribution in [2.75, 3.05) is 26.7 Å². The molecule has 30 heavy (non-hydrogen) atoms. The summed E-state index contributed by atoms with van der Waals surface area (Å²) in [7, 11) is -2.37. The first-order valence-corrected chi connectivity index (χ1v) is 12.3. The number of rotatable bonds is 6. The topological polar surface area (TPSA) is 74.8 Å². The van der Waals surface area contributed by atoms with E-state index in [-0.39, 0.29) is 28.4 Å². The second kappa shape index (κ2) is 9.18. The van der Waals surface area contributed by atoms with Crippen molar-refractivity contribution in [1.82, 2.24) is 9.21 Å². The monoisotopic (exact) mass is 468 g/mol. The first kappa shape index (κ1) is 22.9. The minimum absolute atomic E-state index is 0.112. The number of nitrogens with zero attached hydrogens (tertiary/aromatic N) is 2. The van der Waals surface area contributed by atoms with E-state index in [1.165, 1.54) is 19.2 Å². The van der Waals surface area contributed by atoms with Crippen LogP contribution >= 0.6 is 22.9 Å². The molecule has 1 amide bonds. The van der Waals surface area contributed by atoms with Gasteiger partial charge in [0.25, 0.3) is 10.0 Å². The molecule has 3 rings (SSSR count). The average Bonchev–Trinajstić information content (AvgIpc) is 3.14. The van der Waals surface area contributed by atoms with Crippen LogP contribution in [0.2, 0.25) is 4.34 Å². The van der Waals surface area contributed by atoms with Gasteiger partial charge in [-0.1, -0.05) is 35.4 Å². The van der Waals surface area contributed by atoms with Crippen molar-refractivity contribution in [3.05, 3.63) is 51.4 Å². The number of carbonyl (C=O) groups excluding carboxylic acids is 2. The standard InChI is InChI=1S/C21H25ClN2O4S2/c1-14-4-5-17(15(2)12-14)21(26)16-8-10-24(11-9-16)19(25)13-23(3)30(27,28)20-7-6-18(22)29-20/h4-7,12,16H,8-11,13H2,1-3H3. The van der Waals surface area contributed by atoms with Crippen LogP contribution in [0.4, 0.5) is 0 Å². The van der Waals surface area contributed by atoms with E-state index in [4.69, 9.17) is 11.6 Å². The highest BCUT2D eigenvalue weighted by molar-refractivity contribution is 7.91. The molecule has 0 radical (unpaired) electrons. The van der Waals surface area contributed by atoms with Crippen LogP contribution in [0.3, 0.4) is 0 Å². The second-order valence-corrected chi connectivity index (χ2v) is 11.6. The maximum Gasteiger partial charge on any atom is 0.252 e. The van der Waals surface area contributed by atoms with E-state index in [9.17, 15) is 18.0 Å². The van der Waals surface area contributed by atoms with Crippen molar-refractivity contribution >= 4 is 44.7 Å². The molecule has 2 aromatic rings. The van der Waals surface area contributed by atoms with Gasteiger partial charge < -0.3 is 4.90 Å². The number of halogens is 1. The molecule has 1 aliphatic rings. The van der Waals surface area contributed by atoms with Crippen molar-refractivity contribution in [2.45, 2.75) is 30.9 Å². The number of hydrogen-bond donors (Lipinski definition) is 0. The van der Waals surface area contributed by atoms with Crippen LogP contribution in [-0.4, -0.2) is 56.0 Å². The summed E-state index contributed by atoms with van der Waals surface area (Å²) in [6, 6.07) is 8.78. The van der Waals surface area contributed by atoms with Crippen LogP contribution in [0.5, 0.6) is 0 Å². The maximum atomic E-state index is 12.9. The van der Waals surface area contributed by atoms with Gasteiger partial charge in [0.2, 0.25) is 5.91 Å². The van der Waals surface area contributed by atoms with Crippen molar-refractivity contribution in [3.63, 3.8) is 0 Å². The van der Waals surface area contributed by atoms with E-state index in [1.54, 1.807) is 4.90 Å². The molecule has 0 N–H and O–H groups in total. The van der Waals surface area contributed by atoms with E-state index in [0.717, 1.165) is 32.3 Å². The van der Waals surface area contributed by atoms with Crippen molar-refractivity contribution < 1.29 is 18.0 Å². The molecule has 1 saturated heterocycles. The van der Waals surface area contributed by atoms with Crippen LogP contribution < -0.4 is 0 Å². The van der Waals surface area contributed by atoms with Gasteiger partial charge in [-0.25, -0.2) is 8.42 Å². The largest absolute Gasteiger partial charge is 0.342 e. The highest BCUT2D eigenvalue weighted by Crippen LogP contribution is 2.28. The Balaban J connectivity index is 1.58. The lowest BCUT2D eigenvalue weighted by Crippen LogP contribution is -2.45. The lowest BCUT2D eigenvalue weighted by Gasteiger charge is -2.32. The quantitative estimate of drug-likeness (QED) is 0.605. The molecule has 1 aliphatic heterocycles. The Morgan fingerprint density at radius 1 is 1.17 bits per heavy atom. The molecule has 1 aromatic heterocycles. The normalized spacial score (nSPS) is 15.6. The summed E-state index contributed by atoms with van der Waals surface area (Å²) in [5.74, 6) is -0.264. The summed E-state index contributed by atoms with van der Waals surface area (Å²) in [5, 5.41) is 0. The fraction of sp³-hybridized carbons (Fsp3) is 0.429. The van der Waals surface area contributed by atoms with Gasteiger partial charge in [-0.15, -0.1) is 11.3 Å². The van der Waals surface area contributed by atoms with Crippen LogP contribution in [0.15, 0.2) is 34.5 Å². The minimum atomic E-state index is -3.75. The third kappa shape index (κ3) is 4.94. The number of carbonyl (C=O) groups is 2. The predicted molar refractivity (Wildman–Crippen MR) is 119 cm³/mol. The number of ketones is 1. The highest BCUT2D eigenvalue weighted by atomic mass is 35.5. The molecular formula is C21H25ClN2O4S2. The van der Waals surface area contributed by atoms with E-state index in [0.29, 0.717) is 30.3 Å².